The molecule has 5 rings (SSSR count). The Morgan fingerprint density at radius 1 is 1.15 bits per heavy atom. The number of tetrazole rings is 1. The molecular formula is C27H30F2N8O2. The third kappa shape index (κ3) is 6.21. The van der Waals surface area contributed by atoms with Crippen molar-refractivity contribution >= 4 is 23.3 Å². The number of nitrogens with one attached hydrogen (secondary N) is 3. The molecule has 3 N–H and O–H groups in total. The molecule has 12 heteroatoms. The van der Waals surface area contributed by atoms with Crippen LogP contribution >= 0.6 is 0 Å². The molecule has 1 aliphatic carbocycles. The Labute approximate surface area is 224 Å². The molecular weight excluding hydrogens is 506 g/mol. The number of rotatable bonds is 9. The van der Waals surface area contributed by atoms with E-state index in [4.69, 9.17) is 4.52 Å². The Balaban J connectivity index is 1.51. The number of benzene rings is 2. The highest BCUT2D eigenvalue weighted by molar-refractivity contribution is 6.02. The number of aromatic amines is 1. The molecule has 1 aliphatic rings. The van der Waals surface area contributed by atoms with Crippen LogP contribution in [0.15, 0.2) is 53.1 Å². The zero-order valence-corrected chi connectivity index (χ0v) is 21.9. The summed E-state index contributed by atoms with van der Waals surface area (Å²) in [7, 11) is 0. The van der Waals surface area contributed by atoms with Crippen LogP contribution in [-0.4, -0.2) is 50.8 Å². The van der Waals surface area contributed by atoms with E-state index >= 15 is 0 Å². The number of halogens is 2. The molecule has 0 aliphatic heterocycles. The Kier molecular flexibility index (Phi) is 7.27. The summed E-state index contributed by atoms with van der Waals surface area (Å²) in [5.41, 5.74) is 4.36. The SMILES string of the molecule is Cc1cc(NC(=O)Nc2cc(-c3ccccc3-c3nnn[nH]3)ccc2N(CC(C)C)CC2CC(F)(F)C2)on1. The molecule has 10 nitrogen and oxygen atoms in total. The molecule has 39 heavy (non-hydrogen) atoms. The van der Waals surface area contributed by atoms with E-state index in [1.807, 2.05) is 42.5 Å². The minimum atomic E-state index is -2.60. The van der Waals surface area contributed by atoms with Crippen LogP contribution in [0.5, 0.6) is 0 Å². The van der Waals surface area contributed by atoms with Gasteiger partial charge in [-0.2, -0.15) is 0 Å². The highest BCUT2D eigenvalue weighted by atomic mass is 19.3. The van der Waals surface area contributed by atoms with Gasteiger partial charge in [-0.25, -0.2) is 18.7 Å². The maximum Gasteiger partial charge on any atom is 0.326 e. The van der Waals surface area contributed by atoms with Crippen LogP contribution in [0.25, 0.3) is 22.5 Å². The fourth-order valence-electron chi connectivity index (χ4n) is 4.92. The molecule has 2 heterocycles. The van der Waals surface area contributed by atoms with E-state index in [2.05, 4.69) is 55.2 Å². The number of aryl methyl sites for hydroxylation is 1. The maximum absolute atomic E-state index is 13.6. The van der Waals surface area contributed by atoms with Gasteiger partial charge < -0.3 is 14.7 Å². The molecule has 0 radical (unpaired) electrons. The quantitative estimate of drug-likeness (QED) is 0.240. The zero-order valence-electron chi connectivity index (χ0n) is 21.9. The van der Waals surface area contributed by atoms with Crippen molar-refractivity contribution in [1.29, 1.82) is 0 Å². The van der Waals surface area contributed by atoms with Gasteiger partial charge in [0.1, 0.15) is 0 Å². The maximum atomic E-state index is 13.6. The van der Waals surface area contributed by atoms with Gasteiger partial charge in [-0.15, -0.1) is 5.10 Å². The second kappa shape index (κ2) is 10.8. The summed E-state index contributed by atoms with van der Waals surface area (Å²) < 4.78 is 32.4. The Morgan fingerprint density at radius 2 is 1.92 bits per heavy atom. The number of carbonyl (C=O) groups excluding carboxylic acids is 1. The van der Waals surface area contributed by atoms with Crippen LogP contribution in [-0.2, 0) is 0 Å². The molecule has 4 aromatic rings. The number of alkyl halides is 2. The van der Waals surface area contributed by atoms with E-state index in [0.29, 0.717) is 30.3 Å². The van der Waals surface area contributed by atoms with Crippen LogP contribution < -0.4 is 15.5 Å². The van der Waals surface area contributed by atoms with Gasteiger partial charge in [-0.1, -0.05) is 49.3 Å². The predicted octanol–water partition coefficient (Wildman–Crippen LogP) is 5.98. The van der Waals surface area contributed by atoms with Crippen molar-refractivity contribution in [2.75, 3.05) is 28.6 Å². The van der Waals surface area contributed by atoms with Gasteiger partial charge in [0, 0.05) is 37.6 Å². The average Bonchev–Trinajstić information content (AvgIpc) is 3.54. The lowest BCUT2D eigenvalue weighted by Gasteiger charge is -2.40. The van der Waals surface area contributed by atoms with E-state index in [1.54, 1.807) is 13.0 Å². The third-order valence-corrected chi connectivity index (χ3v) is 6.53. The molecule has 204 valence electrons. The highest BCUT2D eigenvalue weighted by Gasteiger charge is 2.45. The van der Waals surface area contributed by atoms with Gasteiger partial charge in [-0.05, 0) is 52.4 Å². The summed E-state index contributed by atoms with van der Waals surface area (Å²) in [5, 5.41) is 23.6. The van der Waals surface area contributed by atoms with Crippen LogP contribution in [0, 0.1) is 18.8 Å². The smallest absolute Gasteiger partial charge is 0.326 e. The van der Waals surface area contributed by atoms with E-state index < -0.39 is 12.0 Å². The van der Waals surface area contributed by atoms with Crippen molar-refractivity contribution in [3.05, 3.63) is 54.2 Å². The average molecular weight is 537 g/mol. The number of amides is 2. The number of urea groups is 1. The van der Waals surface area contributed by atoms with Crippen molar-refractivity contribution in [3.8, 4) is 22.5 Å². The van der Waals surface area contributed by atoms with Crippen LogP contribution in [0.4, 0.5) is 30.8 Å². The summed E-state index contributed by atoms with van der Waals surface area (Å²) in [6.07, 6.45) is -0.265. The molecule has 0 spiro atoms. The number of aromatic nitrogens is 5. The summed E-state index contributed by atoms with van der Waals surface area (Å²) in [6, 6.07) is 14.5. The first-order valence-corrected chi connectivity index (χ1v) is 12.8. The number of H-pyrrole nitrogens is 1. The number of nitrogens with zero attached hydrogens (tertiary/aromatic N) is 5. The lowest BCUT2D eigenvalue weighted by Crippen LogP contribution is -2.44. The van der Waals surface area contributed by atoms with Crippen molar-refractivity contribution in [3.63, 3.8) is 0 Å². The second-order valence-electron chi connectivity index (χ2n) is 10.4. The molecule has 0 atom stereocenters. The largest absolute Gasteiger partial charge is 0.369 e. The normalized spacial score (nSPS) is 14.7. The molecule has 1 saturated carbocycles. The fourth-order valence-corrected chi connectivity index (χ4v) is 4.92. The standard InChI is InChI=1S/C27H30F2N8O2/c1-16(2)14-37(15-18-12-27(28,29)13-18)23-9-8-19(20-6-4-5-7-21(20)25-32-35-36-33-25)11-22(23)30-26(38)31-24-10-17(3)34-39-24/h4-11,16,18H,12-15H2,1-3H3,(H2,30,31,38)(H,32,33,35,36). The molecule has 0 bridgehead atoms. The predicted molar refractivity (Wildman–Crippen MR) is 144 cm³/mol. The molecule has 1 fully saturated rings. The summed E-state index contributed by atoms with van der Waals surface area (Å²) >= 11 is 0. The number of hydrogen-bond acceptors (Lipinski definition) is 7. The zero-order chi connectivity index (χ0) is 27.6. The minimum Gasteiger partial charge on any atom is -0.369 e. The highest BCUT2D eigenvalue weighted by Crippen LogP contribution is 2.44. The topological polar surface area (TPSA) is 125 Å². The summed E-state index contributed by atoms with van der Waals surface area (Å²) in [4.78, 5) is 15.1. The van der Waals surface area contributed by atoms with Crippen molar-refractivity contribution in [2.24, 2.45) is 11.8 Å². The first kappa shape index (κ1) is 26.3. The third-order valence-electron chi connectivity index (χ3n) is 6.53. The number of anilines is 3. The first-order chi connectivity index (χ1) is 18.7. The molecule has 2 aromatic carbocycles. The molecule has 2 amide bonds. The van der Waals surface area contributed by atoms with Gasteiger partial charge in [0.15, 0.2) is 5.82 Å². The van der Waals surface area contributed by atoms with E-state index in [9.17, 15) is 13.6 Å². The lowest BCUT2D eigenvalue weighted by molar-refractivity contribution is -0.107. The van der Waals surface area contributed by atoms with Crippen LogP contribution in [0.1, 0.15) is 32.4 Å². The van der Waals surface area contributed by atoms with Gasteiger partial charge in [0.05, 0.1) is 17.1 Å². The Bertz CT molecular complexity index is 1430. The second-order valence-corrected chi connectivity index (χ2v) is 10.4. The summed E-state index contributed by atoms with van der Waals surface area (Å²) in [6.45, 7) is 7.00. The van der Waals surface area contributed by atoms with E-state index in [0.717, 1.165) is 22.4 Å². The molecule has 0 saturated heterocycles. The van der Waals surface area contributed by atoms with Crippen LogP contribution in [0.2, 0.25) is 0 Å². The molecule has 2 aromatic heterocycles. The Hall–Kier alpha value is -4.35. The van der Waals surface area contributed by atoms with Gasteiger partial charge in [0.2, 0.25) is 11.8 Å². The van der Waals surface area contributed by atoms with E-state index in [-0.39, 0.29) is 30.6 Å². The lowest BCUT2D eigenvalue weighted by atomic mass is 9.81. The van der Waals surface area contributed by atoms with Crippen molar-refractivity contribution in [2.45, 2.75) is 39.5 Å². The van der Waals surface area contributed by atoms with Crippen LogP contribution in [0.3, 0.4) is 0 Å². The molecule has 0 unspecified atom stereocenters. The monoisotopic (exact) mass is 536 g/mol. The van der Waals surface area contributed by atoms with Crippen molar-refractivity contribution in [1.82, 2.24) is 25.8 Å². The van der Waals surface area contributed by atoms with E-state index in [1.165, 1.54) is 0 Å². The Morgan fingerprint density at radius 3 is 2.56 bits per heavy atom. The van der Waals surface area contributed by atoms with Gasteiger partial charge >= 0.3 is 6.03 Å². The fraction of sp³-hybridized carbons (Fsp3) is 0.370. The number of hydrogen-bond donors (Lipinski definition) is 3. The number of carbonyl (C=O) groups is 1. The summed E-state index contributed by atoms with van der Waals surface area (Å²) in [5.74, 6) is -1.75. The van der Waals surface area contributed by atoms with Crippen molar-refractivity contribution < 1.29 is 18.1 Å². The first-order valence-electron chi connectivity index (χ1n) is 12.8. The van der Waals surface area contributed by atoms with Gasteiger partial charge in [-0.3, -0.25) is 5.32 Å². The minimum absolute atomic E-state index is 0.128. The van der Waals surface area contributed by atoms with Gasteiger partial charge in [0.25, 0.3) is 0 Å².